The van der Waals surface area contributed by atoms with E-state index in [0.29, 0.717) is 10.6 Å². The lowest BCUT2D eigenvalue weighted by atomic mass is 9.93. The Balaban J connectivity index is 3.20. The van der Waals surface area contributed by atoms with Gasteiger partial charge in [-0.15, -0.1) is 6.58 Å². The van der Waals surface area contributed by atoms with Crippen LogP contribution in [0.2, 0.25) is 10.0 Å². The summed E-state index contributed by atoms with van der Waals surface area (Å²) in [6, 6.07) is 3.68. The van der Waals surface area contributed by atoms with Gasteiger partial charge < -0.3 is 5.11 Å². The fourth-order valence-corrected chi connectivity index (χ4v) is 2.50. The molecule has 1 N–H and O–H groups in total. The molecule has 1 aromatic carbocycles. The van der Waals surface area contributed by atoms with Gasteiger partial charge in [0.2, 0.25) is 0 Å². The van der Waals surface area contributed by atoms with Crippen LogP contribution in [0.15, 0.2) is 30.9 Å². The van der Waals surface area contributed by atoms with Gasteiger partial charge in [0.25, 0.3) is 0 Å². The number of Topliss-reactive ketones (excluding diaryl/α,β-unsaturated/α-hetero) is 1. The minimum absolute atomic E-state index is 0.224. The van der Waals surface area contributed by atoms with E-state index in [2.05, 4.69) is 6.58 Å². The molecule has 126 valence electrons. The summed E-state index contributed by atoms with van der Waals surface area (Å²) in [5.74, 6) is -0.324. The highest BCUT2D eigenvalue weighted by atomic mass is 35.5. The molecule has 0 unspecified atom stereocenters. The van der Waals surface area contributed by atoms with Crippen molar-refractivity contribution in [1.29, 1.82) is 0 Å². The number of hydrogen-bond acceptors (Lipinski definition) is 2. The van der Waals surface area contributed by atoms with E-state index < -0.39 is 12.1 Å². The van der Waals surface area contributed by atoms with E-state index >= 15 is 0 Å². The highest BCUT2D eigenvalue weighted by Crippen LogP contribution is 2.25. The van der Waals surface area contributed by atoms with Crippen molar-refractivity contribution in [3.63, 3.8) is 0 Å². The summed E-state index contributed by atoms with van der Waals surface area (Å²) >= 11 is 11.8. The molecule has 0 aliphatic carbocycles. The largest absolute Gasteiger partial charge is 0.465 e. The molecule has 0 bridgehead atoms. The number of carbonyl (C=O) groups is 2. The van der Waals surface area contributed by atoms with E-state index in [1.165, 1.54) is 12.1 Å². The molecule has 1 amide bonds. The first-order valence-corrected chi connectivity index (χ1v) is 7.92. The van der Waals surface area contributed by atoms with Crippen LogP contribution < -0.4 is 0 Å². The van der Waals surface area contributed by atoms with Crippen LogP contribution in [0.4, 0.5) is 4.79 Å². The fraction of sp³-hybridized carbons (Fsp3) is 0.412. The standard InChI is InChI=1S/C17H21Cl2NO3/c1-5-6-14(20(16(22)23)10-17(2,3)4)15(21)11-7-8-12(18)13(19)9-11/h5,7-9,14H,1,6,10H2,2-4H3,(H,22,23)/t14-/m0/s1. The van der Waals surface area contributed by atoms with Crippen LogP contribution in [0.1, 0.15) is 37.6 Å². The summed E-state index contributed by atoms with van der Waals surface area (Å²) in [5.41, 5.74) is 0.0434. The molecule has 23 heavy (non-hydrogen) atoms. The summed E-state index contributed by atoms with van der Waals surface area (Å²) in [5, 5.41) is 10.1. The SMILES string of the molecule is C=CC[C@@H](C(=O)c1ccc(Cl)c(Cl)c1)N(CC(C)(C)C)C(=O)O. The summed E-state index contributed by atoms with van der Waals surface area (Å²) in [7, 11) is 0. The Kier molecular flexibility index (Phi) is 6.66. The van der Waals surface area contributed by atoms with Crippen molar-refractivity contribution in [2.24, 2.45) is 5.41 Å². The highest BCUT2D eigenvalue weighted by molar-refractivity contribution is 6.42. The Hall–Kier alpha value is -1.52. The lowest BCUT2D eigenvalue weighted by molar-refractivity contribution is 0.0719. The van der Waals surface area contributed by atoms with Gasteiger partial charge in [-0.3, -0.25) is 9.69 Å². The van der Waals surface area contributed by atoms with Crippen molar-refractivity contribution in [2.45, 2.75) is 33.2 Å². The lowest BCUT2D eigenvalue weighted by Crippen LogP contribution is -2.47. The molecule has 0 radical (unpaired) electrons. The fourth-order valence-electron chi connectivity index (χ4n) is 2.20. The average Bonchev–Trinajstić information content (AvgIpc) is 2.43. The Morgan fingerprint density at radius 1 is 1.30 bits per heavy atom. The van der Waals surface area contributed by atoms with Crippen molar-refractivity contribution >= 4 is 35.1 Å². The van der Waals surface area contributed by atoms with Crippen LogP contribution in [0, 0.1) is 5.41 Å². The molecular formula is C17H21Cl2NO3. The summed E-state index contributed by atoms with van der Waals surface area (Å²) < 4.78 is 0. The number of nitrogens with zero attached hydrogens (tertiary/aromatic N) is 1. The molecule has 0 saturated heterocycles. The van der Waals surface area contributed by atoms with E-state index in [-0.39, 0.29) is 29.2 Å². The van der Waals surface area contributed by atoms with E-state index in [9.17, 15) is 14.7 Å². The Morgan fingerprint density at radius 2 is 1.91 bits per heavy atom. The molecule has 0 spiro atoms. The Labute approximate surface area is 146 Å². The van der Waals surface area contributed by atoms with Crippen molar-refractivity contribution in [3.8, 4) is 0 Å². The van der Waals surface area contributed by atoms with Gasteiger partial charge >= 0.3 is 6.09 Å². The van der Waals surface area contributed by atoms with Gasteiger partial charge in [0.05, 0.1) is 10.0 Å². The third-order valence-corrected chi connectivity index (χ3v) is 3.90. The zero-order valence-electron chi connectivity index (χ0n) is 13.5. The first-order valence-electron chi connectivity index (χ1n) is 7.16. The minimum atomic E-state index is -1.14. The third kappa shape index (κ3) is 5.56. The first kappa shape index (κ1) is 19.5. The molecule has 0 aliphatic rings. The number of rotatable bonds is 6. The third-order valence-electron chi connectivity index (χ3n) is 3.16. The van der Waals surface area contributed by atoms with Gasteiger partial charge in [-0.25, -0.2) is 4.79 Å². The molecule has 1 atom stereocenters. The molecule has 0 saturated carbocycles. The van der Waals surface area contributed by atoms with Gasteiger partial charge in [-0.05, 0) is 30.0 Å². The van der Waals surface area contributed by atoms with Gasteiger partial charge in [0, 0.05) is 12.1 Å². The van der Waals surface area contributed by atoms with Gasteiger partial charge in [0.1, 0.15) is 6.04 Å². The number of amides is 1. The maximum absolute atomic E-state index is 12.8. The molecule has 0 aliphatic heterocycles. The summed E-state index contributed by atoms with van der Waals surface area (Å²) in [6.07, 6.45) is 0.625. The van der Waals surface area contributed by atoms with Gasteiger partial charge in [0.15, 0.2) is 5.78 Å². The van der Waals surface area contributed by atoms with Gasteiger partial charge in [-0.2, -0.15) is 0 Å². The lowest BCUT2D eigenvalue weighted by Gasteiger charge is -2.33. The summed E-state index contributed by atoms with van der Waals surface area (Å²) in [4.78, 5) is 25.6. The van der Waals surface area contributed by atoms with Crippen LogP contribution in [0.5, 0.6) is 0 Å². The molecule has 4 nitrogen and oxygen atoms in total. The maximum Gasteiger partial charge on any atom is 0.407 e. The number of halogens is 2. The average molecular weight is 358 g/mol. The second-order valence-electron chi connectivity index (χ2n) is 6.50. The quantitative estimate of drug-likeness (QED) is 0.565. The number of carboxylic acid groups (broad SMARTS) is 1. The topological polar surface area (TPSA) is 57.6 Å². The van der Waals surface area contributed by atoms with Crippen molar-refractivity contribution in [2.75, 3.05) is 6.54 Å². The van der Waals surface area contributed by atoms with Crippen LogP contribution in [-0.2, 0) is 0 Å². The van der Waals surface area contributed by atoms with Gasteiger partial charge in [-0.1, -0.05) is 50.0 Å². The normalized spacial score (nSPS) is 12.6. The number of benzene rings is 1. The molecule has 1 aromatic rings. The van der Waals surface area contributed by atoms with Crippen molar-refractivity contribution in [3.05, 3.63) is 46.5 Å². The smallest absolute Gasteiger partial charge is 0.407 e. The zero-order chi connectivity index (χ0) is 17.8. The van der Waals surface area contributed by atoms with E-state index in [4.69, 9.17) is 23.2 Å². The monoisotopic (exact) mass is 357 g/mol. The van der Waals surface area contributed by atoms with Crippen molar-refractivity contribution in [1.82, 2.24) is 4.90 Å². The summed E-state index contributed by atoms with van der Waals surface area (Å²) in [6.45, 7) is 9.60. The first-order chi connectivity index (χ1) is 10.6. The minimum Gasteiger partial charge on any atom is -0.465 e. The Bertz CT molecular complexity index is 608. The molecule has 0 aromatic heterocycles. The van der Waals surface area contributed by atoms with E-state index in [1.807, 2.05) is 20.8 Å². The predicted octanol–water partition coefficient (Wildman–Crippen LogP) is 5.15. The number of ketones is 1. The second kappa shape index (κ2) is 7.84. The second-order valence-corrected chi connectivity index (χ2v) is 7.32. The van der Waals surface area contributed by atoms with Crippen LogP contribution >= 0.6 is 23.2 Å². The molecule has 1 rings (SSSR count). The van der Waals surface area contributed by atoms with E-state index in [0.717, 1.165) is 4.90 Å². The van der Waals surface area contributed by atoms with Crippen LogP contribution in [-0.4, -0.2) is 34.5 Å². The van der Waals surface area contributed by atoms with E-state index in [1.54, 1.807) is 12.1 Å². The molecule has 6 heteroatoms. The van der Waals surface area contributed by atoms with Crippen LogP contribution in [0.3, 0.4) is 0 Å². The van der Waals surface area contributed by atoms with Crippen molar-refractivity contribution < 1.29 is 14.7 Å². The maximum atomic E-state index is 12.8. The molecular weight excluding hydrogens is 337 g/mol. The Morgan fingerprint density at radius 3 is 2.35 bits per heavy atom. The highest BCUT2D eigenvalue weighted by Gasteiger charge is 2.32. The van der Waals surface area contributed by atoms with Crippen LogP contribution in [0.25, 0.3) is 0 Å². The zero-order valence-corrected chi connectivity index (χ0v) is 15.0. The number of carbonyl (C=O) groups excluding carboxylic acids is 1. The predicted molar refractivity (Wildman–Crippen MR) is 93.6 cm³/mol. The molecule has 0 heterocycles. The molecule has 0 fully saturated rings. The number of hydrogen-bond donors (Lipinski definition) is 1.